The largest absolute Gasteiger partial charge is 0.354 e. The van der Waals surface area contributed by atoms with Gasteiger partial charge in [0.05, 0.1) is 11.9 Å². The lowest BCUT2D eigenvalue weighted by Crippen LogP contribution is -2.51. The summed E-state index contributed by atoms with van der Waals surface area (Å²) in [5.74, 6) is -0.212. The highest BCUT2D eigenvalue weighted by molar-refractivity contribution is 7.92. The fourth-order valence-electron chi connectivity index (χ4n) is 4.78. The molecule has 0 unspecified atom stereocenters. The Labute approximate surface area is 255 Å². The zero-order chi connectivity index (χ0) is 30.9. The molecule has 0 heterocycles. The molecule has 0 aliphatic rings. The summed E-state index contributed by atoms with van der Waals surface area (Å²) in [4.78, 5) is 29.2. The van der Waals surface area contributed by atoms with Crippen LogP contribution in [0, 0.1) is 19.8 Å². The van der Waals surface area contributed by atoms with E-state index in [9.17, 15) is 18.0 Å². The lowest BCUT2D eigenvalue weighted by atomic mass is 10.0. The Kier molecular flexibility index (Phi) is 12.0. The molecule has 0 fully saturated rings. The molecule has 0 aliphatic heterocycles. The standard InChI is InChI=1S/C33H42ClN3O4S/c1-24(2)22-35-33(39)31(21-27-11-7-6-8-12-27)36(23-28-13-9-14-29(34)20-28)32(38)15-10-18-37(42(5,40)41)30-19-25(3)16-17-26(30)4/h6-9,11-14,16-17,19-20,24,31H,10,15,18,21-23H2,1-5H3,(H,35,39)/t31-/m0/s1. The lowest BCUT2D eigenvalue weighted by molar-refractivity contribution is -0.141. The van der Waals surface area contributed by atoms with E-state index in [-0.39, 0.29) is 43.7 Å². The molecule has 3 aromatic rings. The number of aryl methyl sites for hydroxylation is 2. The molecule has 0 spiro atoms. The van der Waals surface area contributed by atoms with Gasteiger partial charge in [0, 0.05) is 37.5 Å². The van der Waals surface area contributed by atoms with Gasteiger partial charge in [0.2, 0.25) is 21.8 Å². The first-order chi connectivity index (χ1) is 19.8. The Morgan fingerprint density at radius 2 is 1.62 bits per heavy atom. The van der Waals surface area contributed by atoms with Gasteiger partial charge in [-0.1, -0.05) is 80.0 Å². The van der Waals surface area contributed by atoms with Gasteiger partial charge in [0.15, 0.2) is 0 Å². The fraction of sp³-hybridized carbons (Fsp3) is 0.394. The first kappa shape index (κ1) is 33.1. The van der Waals surface area contributed by atoms with Crippen LogP contribution in [-0.2, 0) is 32.6 Å². The second-order valence-corrected chi connectivity index (χ2v) is 13.6. The molecular weight excluding hydrogens is 570 g/mol. The number of benzene rings is 3. The third-order valence-corrected chi connectivity index (χ3v) is 8.40. The third-order valence-electron chi connectivity index (χ3n) is 6.98. The average molecular weight is 612 g/mol. The topological polar surface area (TPSA) is 86.8 Å². The highest BCUT2D eigenvalue weighted by atomic mass is 35.5. The van der Waals surface area contributed by atoms with Crippen molar-refractivity contribution in [1.29, 1.82) is 0 Å². The molecule has 0 saturated carbocycles. The van der Waals surface area contributed by atoms with Gasteiger partial charge in [0.25, 0.3) is 0 Å². The summed E-state index contributed by atoms with van der Waals surface area (Å²) in [5, 5.41) is 3.56. The predicted molar refractivity (Wildman–Crippen MR) is 171 cm³/mol. The van der Waals surface area contributed by atoms with Gasteiger partial charge in [-0.2, -0.15) is 0 Å². The molecule has 0 saturated heterocycles. The number of hydrogen-bond donors (Lipinski definition) is 1. The zero-order valence-corrected chi connectivity index (χ0v) is 26.7. The number of sulfonamides is 1. The molecule has 9 heteroatoms. The van der Waals surface area contributed by atoms with Crippen molar-refractivity contribution < 1.29 is 18.0 Å². The number of carbonyl (C=O) groups excluding carboxylic acids is 2. The molecule has 3 rings (SSSR count). The summed E-state index contributed by atoms with van der Waals surface area (Å²) in [7, 11) is -3.59. The van der Waals surface area contributed by atoms with Crippen molar-refractivity contribution in [2.75, 3.05) is 23.7 Å². The van der Waals surface area contributed by atoms with Crippen molar-refractivity contribution in [2.45, 2.75) is 59.5 Å². The minimum Gasteiger partial charge on any atom is -0.354 e. The van der Waals surface area contributed by atoms with E-state index in [4.69, 9.17) is 11.6 Å². The van der Waals surface area contributed by atoms with Crippen LogP contribution in [-0.4, -0.2) is 50.5 Å². The highest BCUT2D eigenvalue weighted by Crippen LogP contribution is 2.25. The van der Waals surface area contributed by atoms with Crippen LogP contribution in [0.15, 0.2) is 72.8 Å². The minimum atomic E-state index is -3.59. The van der Waals surface area contributed by atoms with Crippen molar-refractivity contribution in [3.8, 4) is 0 Å². The number of anilines is 1. The van der Waals surface area contributed by atoms with Crippen molar-refractivity contribution in [2.24, 2.45) is 5.92 Å². The number of nitrogens with one attached hydrogen (secondary N) is 1. The number of hydrogen-bond acceptors (Lipinski definition) is 4. The predicted octanol–water partition coefficient (Wildman–Crippen LogP) is 5.92. The summed E-state index contributed by atoms with van der Waals surface area (Å²) < 4.78 is 26.9. The smallest absolute Gasteiger partial charge is 0.243 e. The normalized spacial score (nSPS) is 12.2. The van der Waals surface area contributed by atoms with Crippen LogP contribution in [0.5, 0.6) is 0 Å². The first-order valence-electron chi connectivity index (χ1n) is 14.3. The van der Waals surface area contributed by atoms with E-state index in [0.29, 0.717) is 23.7 Å². The highest BCUT2D eigenvalue weighted by Gasteiger charge is 2.30. The summed E-state index contributed by atoms with van der Waals surface area (Å²) in [6.45, 7) is 8.65. The Morgan fingerprint density at radius 3 is 2.26 bits per heavy atom. The molecule has 7 nitrogen and oxygen atoms in total. The molecule has 2 amide bonds. The van der Waals surface area contributed by atoms with E-state index in [1.54, 1.807) is 17.0 Å². The van der Waals surface area contributed by atoms with Crippen molar-refractivity contribution >= 4 is 39.1 Å². The third kappa shape index (κ3) is 9.88. The average Bonchev–Trinajstić information content (AvgIpc) is 2.93. The molecule has 42 heavy (non-hydrogen) atoms. The Bertz CT molecular complexity index is 1460. The zero-order valence-electron chi connectivity index (χ0n) is 25.1. The number of rotatable bonds is 14. The van der Waals surface area contributed by atoms with E-state index in [2.05, 4.69) is 5.32 Å². The van der Waals surface area contributed by atoms with Crippen LogP contribution in [0.3, 0.4) is 0 Å². The van der Waals surface area contributed by atoms with Gasteiger partial charge in [0.1, 0.15) is 6.04 Å². The first-order valence-corrected chi connectivity index (χ1v) is 16.5. The van der Waals surface area contributed by atoms with Gasteiger partial charge in [-0.15, -0.1) is 0 Å². The fourth-order valence-corrected chi connectivity index (χ4v) is 6.01. The van der Waals surface area contributed by atoms with Crippen LogP contribution in [0.1, 0.15) is 48.9 Å². The van der Waals surface area contributed by atoms with Crippen LogP contribution in [0.25, 0.3) is 0 Å². The Morgan fingerprint density at radius 1 is 0.929 bits per heavy atom. The molecule has 1 N–H and O–H groups in total. The summed E-state index contributed by atoms with van der Waals surface area (Å²) in [6, 6.07) is 21.8. The van der Waals surface area contributed by atoms with E-state index >= 15 is 0 Å². The Hall–Kier alpha value is -3.36. The van der Waals surface area contributed by atoms with Gasteiger partial charge in [-0.25, -0.2) is 8.42 Å². The van der Waals surface area contributed by atoms with Crippen LogP contribution >= 0.6 is 11.6 Å². The monoisotopic (exact) mass is 611 g/mol. The lowest BCUT2D eigenvalue weighted by Gasteiger charge is -2.32. The molecule has 0 aliphatic carbocycles. The quantitative estimate of drug-likeness (QED) is 0.245. The molecule has 226 valence electrons. The molecule has 0 radical (unpaired) electrons. The van der Waals surface area contributed by atoms with Crippen LogP contribution in [0.2, 0.25) is 5.02 Å². The van der Waals surface area contributed by atoms with Gasteiger partial charge in [-0.05, 0) is 66.6 Å². The maximum Gasteiger partial charge on any atom is 0.243 e. The number of amides is 2. The molecule has 0 aromatic heterocycles. The molecule has 3 aromatic carbocycles. The number of carbonyl (C=O) groups is 2. The molecular formula is C33H42ClN3O4S. The van der Waals surface area contributed by atoms with Crippen molar-refractivity contribution in [1.82, 2.24) is 10.2 Å². The Balaban J connectivity index is 1.90. The van der Waals surface area contributed by atoms with E-state index in [0.717, 1.165) is 22.3 Å². The number of halogens is 1. The van der Waals surface area contributed by atoms with Gasteiger partial charge >= 0.3 is 0 Å². The van der Waals surface area contributed by atoms with Gasteiger partial charge in [-0.3, -0.25) is 13.9 Å². The van der Waals surface area contributed by atoms with Crippen LogP contribution in [0.4, 0.5) is 5.69 Å². The second-order valence-electron chi connectivity index (χ2n) is 11.2. The van der Waals surface area contributed by atoms with Crippen molar-refractivity contribution in [3.05, 3.63) is 100 Å². The summed E-state index contributed by atoms with van der Waals surface area (Å²) in [5.41, 5.74) is 4.13. The maximum atomic E-state index is 13.9. The second kappa shape index (κ2) is 15.2. The van der Waals surface area contributed by atoms with Crippen LogP contribution < -0.4 is 9.62 Å². The molecule has 0 bridgehead atoms. The van der Waals surface area contributed by atoms with E-state index in [1.807, 2.05) is 88.4 Å². The van der Waals surface area contributed by atoms with Gasteiger partial charge < -0.3 is 10.2 Å². The SMILES string of the molecule is Cc1ccc(C)c(N(CCCC(=O)N(Cc2cccc(Cl)c2)[C@@H](Cc2ccccc2)C(=O)NCC(C)C)S(C)(=O)=O)c1. The number of nitrogens with zero attached hydrogens (tertiary/aromatic N) is 2. The summed E-state index contributed by atoms with van der Waals surface area (Å²) >= 11 is 6.26. The molecule has 1 atom stereocenters. The van der Waals surface area contributed by atoms with E-state index < -0.39 is 16.1 Å². The van der Waals surface area contributed by atoms with Crippen molar-refractivity contribution in [3.63, 3.8) is 0 Å². The van der Waals surface area contributed by atoms with E-state index in [1.165, 1.54) is 10.6 Å². The maximum absolute atomic E-state index is 13.9. The minimum absolute atomic E-state index is 0.0696. The summed E-state index contributed by atoms with van der Waals surface area (Å²) in [6.07, 6.45) is 1.88.